The second-order valence-corrected chi connectivity index (χ2v) is 10.4. The van der Waals surface area contributed by atoms with Crippen LogP contribution in [0.5, 0.6) is 0 Å². The van der Waals surface area contributed by atoms with Crippen LogP contribution in [0.1, 0.15) is 33.1 Å². The van der Waals surface area contributed by atoms with Gasteiger partial charge in [0.2, 0.25) is 11.9 Å². The van der Waals surface area contributed by atoms with Crippen LogP contribution < -0.4 is 10.2 Å². The number of nitrogens with one attached hydrogen (secondary N) is 1. The summed E-state index contributed by atoms with van der Waals surface area (Å²) in [7, 11) is 0. The van der Waals surface area contributed by atoms with E-state index in [1.807, 2.05) is 58.4 Å². The molecule has 1 saturated carbocycles. The maximum absolute atomic E-state index is 11.7. The van der Waals surface area contributed by atoms with Crippen molar-refractivity contribution in [1.82, 2.24) is 24.6 Å². The van der Waals surface area contributed by atoms with Crippen molar-refractivity contribution in [2.75, 3.05) is 36.4 Å². The Labute approximate surface area is 228 Å². The van der Waals surface area contributed by atoms with Gasteiger partial charge in [-0.05, 0) is 49.4 Å². The van der Waals surface area contributed by atoms with Crippen LogP contribution in [-0.2, 0) is 10.3 Å². The molecule has 39 heavy (non-hydrogen) atoms. The zero-order chi connectivity index (χ0) is 27.0. The van der Waals surface area contributed by atoms with Crippen LogP contribution in [0.25, 0.3) is 22.2 Å². The monoisotopic (exact) mass is 520 g/mol. The lowest BCUT2D eigenvalue weighted by Crippen LogP contribution is -2.48. The van der Waals surface area contributed by atoms with Gasteiger partial charge in [0.25, 0.3) is 0 Å². The molecule has 198 valence electrons. The minimum atomic E-state index is -0.589. The van der Waals surface area contributed by atoms with Crippen LogP contribution in [0, 0.1) is 17.2 Å². The summed E-state index contributed by atoms with van der Waals surface area (Å²) in [5.41, 5.74) is 3.92. The van der Waals surface area contributed by atoms with Crippen LogP contribution >= 0.6 is 0 Å². The summed E-state index contributed by atoms with van der Waals surface area (Å²) < 4.78 is 1.86. The maximum atomic E-state index is 11.7. The Bertz CT molecular complexity index is 1560. The molecule has 1 saturated heterocycles. The smallest absolute Gasteiger partial charge is 0.227 e. The van der Waals surface area contributed by atoms with Crippen molar-refractivity contribution in [2.45, 2.75) is 38.6 Å². The lowest BCUT2D eigenvalue weighted by Gasteiger charge is -2.35. The van der Waals surface area contributed by atoms with Gasteiger partial charge in [-0.1, -0.05) is 31.2 Å². The number of carbonyl (C=O) groups excluding carboxylic acids is 1. The molecule has 0 bridgehead atoms. The molecule has 1 atom stereocenters. The summed E-state index contributed by atoms with van der Waals surface area (Å²) in [6.07, 6.45) is 6.63. The molecule has 2 aromatic carbocycles. The van der Waals surface area contributed by atoms with Gasteiger partial charge in [0.05, 0.1) is 17.3 Å². The van der Waals surface area contributed by atoms with E-state index in [2.05, 4.69) is 40.3 Å². The molecule has 3 heterocycles. The largest absolute Gasteiger partial charge is 0.368 e. The molecule has 1 unspecified atom stereocenters. The van der Waals surface area contributed by atoms with Gasteiger partial charge in [0.15, 0.2) is 5.54 Å². The first kappa shape index (κ1) is 24.9. The normalized spacial score (nSPS) is 17.1. The summed E-state index contributed by atoms with van der Waals surface area (Å²) in [6, 6.07) is 18.7. The van der Waals surface area contributed by atoms with E-state index in [0.29, 0.717) is 11.9 Å². The fourth-order valence-corrected chi connectivity index (χ4v) is 5.62. The zero-order valence-electron chi connectivity index (χ0n) is 22.3. The van der Waals surface area contributed by atoms with E-state index in [0.717, 1.165) is 79.0 Å². The first-order chi connectivity index (χ1) is 19.0. The van der Waals surface area contributed by atoms with E-state index in [-0.39, 0.29) is 5.91 Å². The molecule has 1 amide bonds. The molecule has 2 aromatic heterocycles. The van der Waals surface area contributed by atoms with Crippen molar-refractivity contribution in [1.29, 1.82) is 5.26 Å². The molecule has 0 radical (unpaired) electrons. The van der Waals surface area contributed by atoms with Crippen molar-refractivity contribution >= 4 is 34.1 Å². The highest BCUT2D eigenvalue weighted by atomic mass is 16.2. The van der Waals surface area contributed by atoms with Gasteiger partial charge < -0.3 is 15.1 Å². The predicted octanol–water partition coefficient (Wildman–Crippen LogP) is 4.94. The number of nitriles is 1. The van der Waals surface area contributed by atoms with Crippen LogP contribution in [-0.4, -0.2) is 56.7 Å². The van der Waals surface area contributed by atoms with E-state index < -0.39 is 5.54 Å². The van der Waals surface area contributed by atoms with Gasteiger partial charge in [0, 0.05) is 67.8 Å². The van der Waals surface area contributed by atoms with Gasteiger partial charge in [0.1, 0.15) is 0 Å². The quantitative estimate of drug-likeness (QED) is 0.368. The Morgan fingerprint density at radius 2 is 1.92 bits per heavy atom. The Balaban J connectivity index is 1.26. The van der Waals surface area contributed by atoms with E-state index >= 15 is 0 Å². The number of hydrogen-bond acceptors (Lipinski definition) is 7. The highest BCUT2D eigenvalue weighted by molar-refractivity contribution is 5.93. The second kappa shape index (κ2) is 10.0. The van der Waals surface area contributed by atoms with E-state index in [1.54, 1.807) is 6.92 Å². The van der Waals surface area contributed by atoms with Crippen LogP contribution in [0.2, 0.25) is 0 Å². The fourth-order valence-electron chi connectivity index (χ4n) is 5.62. The van der Waals surface area contributed by atoms with Crippen molar-refractivity contribution in [3.8, 4) is 17.3 Å². The fraction of sp³-hybridized carbons (Fsp3) is 0.367. The lowest BCUT2D eigenvalue weighted by molar-refractivity contribution is -0.129. The van der Waals surface area contributed by atoms with Crippen molar-refractivity contribution in [3.05, 3.63) is 60.9 Å². The number of fused-ring (bicyclic) bond motifs is 1. The molecule has 1 N–H and O–H groups in total. The molecule has 1 aliphatic carbocycles. The average Bonchev–Trinajstić information content (AvgIpc) is 3.70. The minimum Gasteiger partial charge on any atom is -0.368 e. The summed E-state index contributed by atoms with van der Waals surface area (Å²) in [4.78, 5) is 25.3. The highest BCUT2D eigenvalue weighted by Crippen LogP contribution is 2.46. The van der Waals surface area contributed by atoms with Crippen molar-refractivity contribution in [3.63, 3.8) is 0 Å². The Hall–Kier alpha value is -4.45. The number of para-hydroxylation sites is 1. The molecule has 0 spiro atoms. The van der Waals surface area contributed by atoms with Gasteiger partial charge in [-0.2, -0.15) is 10.4 Å². The number of nitrogens with zero attached hydrogens (tertiary/aromatic N) is 7. The molecular weight excluding hydrogens is 488 g/mol. The lowest BCUT2D eigenvalue weighted by atomic mass is 9.92. The Morgan fingerprint density at radius 1 is 1.13 bits per heavy atom. The summed E-state index contributed by atoms with van der Waals surface area (Å²) in [5, 5.41) is 19.2. The van der Waals surface area contributed by atoms with E-state index in [1.165, 1.54) is 0 Å². The number of amides is 1. The van der Waals surface area contributed by atoms with Crippen LogP contribution in [0.3, 0.4) is 0 Å². The van der Waals surface area contributed by atoms with Gasteiger partial charge in [-0.3, -0.25) is 9.48 Å². The SMILES string of the molecule is CCC(C#N)(C1CC1)n1ccc(-c2cccc3cnc(Nc4cccc(N5CCN(C(C)=O)CC5)c4)nc23)n1. The number of carbonyl (C=O) groups is 1. The van der Waals surface area contributed by atoms with Gasteiger partial charge in [-0.25, -0.2) is 9.97 Å². The van der Waals surface area contributed by atoms with Gasteiger partial charge >= 0.3 is 0 Å². The first-order valence-corrected chi connectivity index (χ1v) is 13.6. The van der Waals surface area contributed by atoms with E-state index in [9.17, 15) is 10.1 Å². The number of benzene rings is 2. The number of piperazine rings is 1. The predicted molar refractivity (Wildman–Crippen MR) is 152 cm³/mol. The topological polar surface area (TPSA) is 103 Å². The average molecular weight is 521 g/mol. The molecule has 2 fully saturated rings. The third-order valence-electron chi connectivity index (χ3n) is 8.06. The highest BCUT2D eigenvalue weighted by Gasteiger charge is 2.46. The van der Waals surface area contributed by atoms with Crippen LogP contribution in [0.15, 0.2) is 60.9 Å². The van der Waals surface area contributed by atoms with E-state index in [4.69, 9.17) is 10.1 Å². The molecule has 1 aliphatic heterocycles. The second-order valence-electron chi connectivity index (χ2n) is 10.4. The molecule has 9 heteroatoms. The molecule has 4 aromatic rings. The zero-order valence-corrected chi connectivity index (χ0v) is 22.3. The third kappa shape index (κ3) is 4.67. The standard InChI is InChI=1S/C30H32N8O/c1-3-30(20-31,23-10-11-23)38-13-12-27(35-38)26-9-4-6-22-19-32-29(34-28(22)26)33-24-7-5-8-25(18-24)37-16-14-36(15-17-37)21(2)39/h4-9,12-13,18-19,23H,3,10-11,14-17H2,1-2H3,(H,32,33,34). The number of hydrogen-bond donors (Lipinski definition) is 1. The summed E-state index contributed by atoms with van der Waals surface area (Å²) in [6.45, 7) is 6.75. The minimum absolute atomic E-state index is 0.127. The van der Waals surface area contributed by atoms with Crippen molar-refractivity contribution < 1.29 is 4.79 Å². The number of anilines is 3. The summed E-state index contributed by atoms with van der Waals surface area (Å²) >= 11 is 0. The van der Waals surface area contributed by atoms with Crippen LogP contribution in [0.4, 0.5) is 17.3 Å². The molecule has 2 aliphatic rings. The molecular formula is C30H32N8O. The summed E-state index contributed by atoms with van der Waals surface area (Å²) in [5.74, 6) is 0.993. The number of aromatic nitrogens is 4. The molecule has 9 nitrogen and oxygen atoms in total. The Kier molecular flexibility index (Phi) is 6.39. The third-order valence-corrected chi connectivity index (χ3v) is 8.06. The number of rotatable bonds is 7. The maximum Gasteiger partial charge on any atom is 0.227 e. The van der Waals surface area contributed by atoms with Gasteiger partial charge in [-0.15, -0.1) is 0 Å². The van der Waals surface area contributed by atoms with Crippen molar-refractivity contribution in [2.24, 2.45) is 5.92 Å². The Morgan fingerprint density at radius 3 is 2.64 bits per heavy atom. The molecule has 6 rings (SSSR count). The first-order valence-electron chi connectivity index (χ1n) is 13.6.